The number of unbranched alkanes of at least 4 members (excludes halogenated alkanes) is 4. The summed E-state index contributed by atoms with van der Waals surface area (Å²) >= 11 is 0. The van der Waals surface area contributed by atoms with Gasteiger partial charge in [-0.2, -0.15) is 0 Å². The lowest BCUT2D eigenvalue weighted by Crippen LogP contribution is -2.11. The van der Waals surface area contributed by atoms with Crippen molar-refractivity contribution in [3.05, 3.63) is 71.3 Å². The second-order valence-corrected chi connectivity index (χ2v) is 6.50. The van der Waals surface area contributed by atoms with Gasteiger partial charge in [-0.15, -0.1) is 0 Å². The largest absolute Gasteiger partial charge is 0.462 e. The monoisotopic (exact) mass is 368 g/mol. The lowest BCUT2D eigenvalue weighted by Gasteiger charge is -2.07. The number of hydrogen-bond acceptors (Lipinski definition) is 4. The zero-order valence-electron chi connectivity index (χ0n) is 16.0. The minimum atomic E-state index is -0.430. The first-order valence-corrected chi connectivity index (χ1v) is 9.69. The summed E-state index contributed by atoms with van der Waals surface area (Å²) in [7, 11) is 0. The van der Waals surface area contributed by atoms with E-state index in [2.05, 4.69) is 6.92 Å². The van der Waals surface area contributed by atoms with Gasteiger partial charge < -0.3 is 9.47 Å². The summed E-state index contributed by atoms with van der Waals surface area (Å²) in [6.45, 7) is 2.88. The van der Waals surface area contributed by atoms with Crippen LogP contribution in [0.25, 0.3) is 0 Å². The molecule has 0 fully saturated rings. The van der Waals surface area contributed by atoms with Gasteiger partial charge in [-0.3, -0.25) is 0 Å². The van der Waals surface area contributed by atoms with E-state index in [1.165, 1.54) is 25.3 Å². The molecule has 4 heteroatoms. The third-order valence-electron chi connectivity index (χ3n) is 4.28. The molecule has 0 spiro atoms. The van der Waals surface area contributed by atoms with E-state index in [1.807, 2.05) is 30.3 Å². The Labute approximate surface area is 161 Å². The maximum absolute atomic E-state index is 12.2. The first-order valence-electron chi connectivity index (χ1n) is 9.69. The van der Waals surface area contributed by atoms with Crippen LogP contribution in [0.4, 0.5) is 0 Å². The highest BCUT2D eigenvalue weighted by molar-refractivity contribution is 5.95. The molecule has 27 heavy (non-hydrogen) atoms. The van der Waals surface area contributed by atoms with E-state index in [0.29, 0.717) is 30.8 Å². The van der Waals surface area contributed by atoms with Crippen molar-refractivity contribution in [2.75, 3.05) is 13.2 Å². The molecule has 0 aromatic heterocycles. The molecule has 0 amide bonds. The van der Waals surface area contributed by atoms with Crippen molar-refractivity contribution in [2.24, 2.45) is 0 Å². The maximum Gasteiger partial charge on any atom is 0.338 e. The Bertz CT molecular complexity index is 709. The molecule has 2 aromatic rings. The van der Waals surface area contributed by atoms with Crippen LogP contribution in [0, 0.1) is 0 Å². The summed E-state index contributed by atoms with van der Waals surface area (Å²) in [6.07, 6.45) is 6.16. The standard InChI is InChI=1S/C23H28O4/c1-2-3-4-5-9-16-26-22(24)20-13-10-14-21(18-20)23(25)27-17-15-19-11-7-6-8-12-19/h6-8,10-14,18H,2-5,9,15-17H2,1H3. The number of hydrogen-bond donors (Lipinski definition) is 0. The molecule has 0 saturated carbocycles. The highest BCUT2D eigenvalue weighted by atomic mass is 16.5. The van der Waals surface area contributed by atoms with Crippen molar-refractivity contribution in [1.29, 1.82) is 0 Å². The number of esters is 2. The van der Waals surface area contributed by atoms with Crippen LogP contribution in [0.5, 0.6) is 0 Å². The fourth-order valence-corrected chi connectivity index (χ4v) is 2.72. The lowest BCUT2D eigenvalue weighted by atomic mass is 10.1. The Balaban J connectivity index is 1.77. The summed E-state index contributed by atoms with van der Waals surface area (Å²) in [6, 6.07) is 16.3. The number of carbonyl (C=O) groups is 2. The van der Waals surface area contributed by atoms with Crippen molar-refractivity contribution in [3.8, 4) is 0 Å². The maximum atomic E-state index is 12.2. The molecular formula is C23H28O4. The smallest absolute Gasteiger partial charge is 0.338 e. The number of carbonyl (C=O) groups excluding carboxylic acids is 2. The van der Waals surface area contributed by atoms with Crippen LogP contribution in [-0.2, 0) is 15.9 Å². The highest BCUT2D eigenvalue weighted by Crippen LogP contribution is 2.10. The first kappa shape index (κ1) is 20.7. The Morgan fingerprint density at radius 2 is 1.37 bits per heavy atom. The Morgan fingerprint density at radius 3 is 2.04 bits per heavy atom. The van der Waals surface area contributed by atoms with Crippen molar-refractivity contribution in [2.45, 2.75) is 45.4 Å². The summed E-state index contributed by atoms with van der Waals surface area (Å²) in [4.78, 5) is 24.3. The minimum absolute atomic E-state index is 0.301. The number of ether oxygens (including phenoxy) is 2. The van der Waals surface area contributed by atoms with E-state index >= 15 is 0 Å². The molecule has 4 nitrogen and oxygen atoms in total. The van der Waals surface area contributed by atoms with Gasteiger partial charge in [-0.25, -0.2) is 9.59 Å². The molecule has 0 radical (unpaired) electrons. The number of rotatable bonds is 11. The zero-order valence-corrected chi connectivity index (χ0v) is 16.0. The lowest BCUT2D eigenvalue weighted by molar-refractivity contribution is 0.0497. The third-order valence-corrected chi connectivity index (χ3v) is 4.28. The van der Waals surface area contributed by atoms with Crippen molar-refractivity contribution in [3.63, 3.8) is 0 Å². The molecule has 0 aliphatic carbocycles. The predicted molar refractivity (Wildman–Crippen MR) is 106 cm³/mol. The van der Waals surface area contributed by atoms with Gasteiger partial charge in [-0.05, 0) is 30.2 Å². The molecule has 0 aliphatic rings. The highest BCUT2D eigenvalue weighted by Gasteiger charge is 2.12. The van der Waals surface area contributed by atoms with Gasteiger partial charge in [0.05, 0.1) is 24.3 Å². The van der Waals surface area contributed by atoms with E-state index in [-0.39, 0.29) is 0 Å². The summed E-state index contributed by atoms with van der Waals surface area (Å²) in [5.74, 6) is -0.829. The molecule has 0 atom stereocenters. The van der Waals surface area contributed by atoms with Crippen molar-refractivity contribution in [1.82, 2.24) is 0 Å². The van der Waals surface area contributed by atoms with E-state index in [0.717, 1.165) is 18.4 Å². The van der Waals surface area contributed by atoms with E-state index in [9.17, 15) is 9.59 Å². The normalized spacial score (nSPS) is 10.4. The Hall–Kier alpha value is -2.62. The molecule has 2 rings (SSSR count). The second-order valence-electron chi connectivity index (χ2n) is 6.50. The third kappa shape index (κ3) is 7.65. The first-order chi connectivity index (χ1) is 13.2. The molecule has 0 heterocycles. The molecule has 0 bridgehead atoms. The molecular weight excluding hydrogens is 340 g/mol. The zero-order chi connectivity index (χ0) is 19.3. The van der Waals surface area contributed by atoms with Gasteiger partial charge in [-0.1, -0.05) is 69.0 Å². The topological polar surface area (TPSA) is 52.6 Å². The van der Waals surface area contributed by atoms with Gasteiger partial charge in [0.1, 0.15) is 0 Å². The Kier molecular flexibility index (Phi) is 9.11. The summed E-state index contributed by atoms with van der Waals surface area (Å²) < 4.78 is 10.6. The van der Waals surface area contributed by atoms with Crippen molar-refractivity contribution < 1.29 is 19.1 Å². The van der Waals surface area contributed by atoms with Gasteiger partial charge in [0.15, 0.2) is 0 Å². The van der Waals surface area contributed by atoms with Crippen LogP contribution in [0.1, 0.15) is 65.3 Å². The van der Waals surface area contributed by atoms with Gasteiger partial charge in [0.2, 0.25) is 0 Å². The Morgan fingerprint density at radius 1 is 0.741 bits per heavy atom. The number of benzene rings is 2. The quantitative estimate of drug-likeness (QED) is 0.403. The van der Waals surface area contributed by atoms with Crippen LogP contribution in [0.15, 0.2) is 54.6 Å². The van der Waals surface area contributed by atoms with E-state index in [4.69, 9.17) is 9.47 Å². The molecule has 0 N–H and O–H groups in total. The van der Waals surface area contributed by atoms with Crippen LogP contribution >= 0.6 is 0 Å². The SMILES string of the molecule is CCCCCCCOC(=O)c1cccc(C(=O)OCCc2ccccc2)c1. The average Bonchev–Trinajstić information content (AvgIpc) is 2.71. The molecule has 0 aliphatic heterocycles. The van der Waals surface area contributed by atoms with Gasteiger partial charge in [0, 0.05) is 6.42 Å². The fourth-order valence-electron chi connectivity index (χ4n) is 2.72. The molecule has 0 unspecified atom stereocenters. The van der Waals surface area contributed by atoms with Crippen LogP contribution in [0.3, 0.4) is 0 Å². The summed E-state index contributed by atoms with van der Waals surface area (Å²) in [5.41, 5.74) is 1.85. The van der Waals surface area contributed by atoms with Crippen LogP contribution < -0.4 is 0 Å². The van der Waals surface area contributed by atoms with Gasteiger partial charge in [0.25, 0.3) is 0 Å². The predicted octanol–water partition coefficient (Wildman–Crippen LogP) is 5.21. The van der Waals surface area contributed by atoms with E-state index < -0.39 is 11.9 Å². The van der Waals surface area contributed by atoms with Gasteiger partial charge >= 0.3 is 11.9 Å². The summed E-state index contributed by atoms with van der Waals surface area (Å²) in [5, 5.41) is 0. The minimum Gasteiger partial charge on any atom is -0.462 e. The van der Waals surface area contributed by atoms with E-state index in [1.54, 1.807) is 18.2 Å². The molecule has 0 saturated heterocycles. The molecule has 2 aromatic carbocycles. The van der Waals surface area contributed by atoms with Crippen molar-refractivity contribution >= 4 is 11.9 Å². The van der Waals surface area contributed by atoms with Crippen LogP contribution in [0.2, 0.25) is 0 Å². The molecule has 144 valence electrons. The average molecular weight is 368 g/mol. The second kappa shape index (κ2) is 11.9. The van der Waals surface area contributed by atoms with Crippen LogP contribution in [-0.4, -0.2) is 25.2 Å². The fraction of sp³-hybridized carbons (Fsp3) is 0.391.